The van der Waals surface area contributed by atoms with Crippen molar-refractivity contribution in [3.8, 4) is 17.0 Å². The number of anilines is 1. The van der Waals surface area contributed by atoms with E-state index >= 15 is 0 Å². The third-order valence-electron chi connectivity index (χ3n) is 5.71. The molecule has 2 aromatic carbocycles. The maximum absolute atomic E-state index is 12.7. The van der Waals surface area contributed by atoms with Crippen LogP contribution in [-0.2, 0) is 12.6 Å². The second-order valence-electron chi connectivity index (χ2n) is 8.01. The van der Waals surface area contributed by atoms with Gasteiger partial charge in [-0.15, -0.1) is 0 Å². The van der Waals surface area contributed by atoms with Crippen LogP contribution in [0.4, 0.5) is 18.9 Å². The quantitative estimate of drug-likeness (QED) is 0.454. The summed E-state index contributed by atoms with van der Waals surface area (Å²) in [5.74, 6) is 0.185. The summed E-state index contributed by atoms with van der Waals surface area (Å²) in [6.45, 7) is 1.45. The SMILES string of the molecule is OCCCc1cc(-c2ccccc2Cl)ccc1N1CCC(Oc2ccc(C(F)(F)F)cn2)C1. The lowest BCUT2D eigenvalue weighted by atomic mass is 9.98. The van der Waals surface area contributed by atoms with Gasteiger partial charge in [0.05, 0.1) is 12.1 Å². The van der Waals surface area contributed by atoms with Crippen LogP contribution in [0.3, 0.4) is 0 Å². The van der Waals surface area contributed by atoms with E-state index < -0.39 is 11.7 Å². The molecule has 0 spiro atoms. The van der Waals surface area contributed by atoms with Gasteiger partial charge in [0.25, 0.3) is 0 Å². The Morgan fingerprint density at radius 1 is 1.12 bits per heavy atom. The Hall–Kier alpha value is -2.77. The lowest BCUT2D eigenvalue weighted by Crippen LogP contribution is -2.25. The van der Waals surface area contributed by atoms with E-state index in [4.69, 9.17) is 16.3 Å². The maximum Gasteiger partial charge on any atom is 0.417 e. The first-order valence-electron chi connectivity index (χ1n) is 10.8. The predicted octanol–water partition coefficient (Wildman–Crippen LogP) is 6.00. The molecule has 0 aliphatic carbocycles. The zero-order valence-electron chi connectivity index (χ0n) is 17.9. The summed E-state index contributed by atoms with van der Waals surface area (Å²) in [5.41, 5.74) is 3.33. The van der Waals surface area contributed by atoms with Gasteiger partial charge in [0.2, 0.25) is 5.88 Å². The van der Waals surface area contributed by atoms with Crippen molar-refractivity contribution in [2.24, 2.45) is 0 Å². The van der Waals surface area contributed by atoms with E-state index in [9.17, 15) is 18.3 Å². The number of benzene rings is 2. The van der Waals surface area contributed by atoms with Gasteiger partial charge < -0.3 is 14.7 Å². The second-order valence-corrected chi connectivity index (χ2v) is 8.42. The van der Waals surface area contributed by atoms with Gasteiger partial charge in [0, 0.05) is 48.1 Å². The van der Waals surface area contributed by atoms with Crippen molar-refractivity contribution in [2.45, 2.75) is 31.5 Å². The lowest BCUT2D eigenvalue weighted by Gasteiger charge is -2.23. The monoisotopic (exact) mass is 476 g/mol. The first-order valence-corrected chi connectivity index (χ1v) is 11.2. The van der Waals surface area contributed by atoms with Crippen molar-refractivity contribution in [3.05, 3.63) is 76.9 Å². The van der Waals surface area contributed by atoms with E-state index in [-0.39, 0.29) is 18.6 Å². The van der Waals surface area contributed by atoms with Crippen LogP contribution in [0.1, 0.15) is 24.0 Å². The number of nitrogens with zero attached hydrogens (tertiary/aromatic N) is 2. The maximum atomic E-state index is 12.7. The highest BCUT2D eigenvalue weighted by molar-refractivity contribution is 6.33. The Balaban J connectivity index is 1.50. The van der Waals surface area contributed by atoms with E-state index in [1.165, 1.54) is 6.07 Å². The minimum Gasteiger partial charge on any atom is -0.472 e. The molecule has 4 rings (SSSR count). The first-order chi connectivity index (χ1) is 15.8. The number of aryl methyl sites for hydroxylation is 1. The fourth-order valence-electron chi connectivity index (χ4n) is 4.06. The van der Waals surface area contributed by atoms with Crippen LogP contribution in [0.15, 0.2) is 60.8 Å². The van der Waals surface area contributed by atoms with Crippen molar-refractivity contribution in [2.75, 3.05) is 24.6 Å². The van der Waals surface area contributed by atoms with Gasteiger partial charge in [0.15, 0.2) is 0 Å². The van der Waals surface area contributed by atoms with Gasteiger partial charge in [-0.1, -0.05) is 35.9 Å². The number of hydrogen-bond acceptors (Lipinski definition) is 4. The van der Waals surface area contributed by atoms with Crippen LogP contribution in [0.2, 0.25) is 5.02 Å². The molecule has 1 N–H and O–H groups in total. The van der Waals surface area contributed by atoms with Gasteiger partial charge in [-0.05, 0) is 48.2 Å². The highest BCUT2D eigenvalue weighted by atomic mass is 35.5. The van der Waals surface area contributed by atoms with Gasteiger partial charge in [0.1, 0.15) is 6.10 Å². The zero-order valence-corrected chi connectivity index (χ0v) is 18.6. The summed E-state index contributed by atoms with van der Waals surface area (Å²) in [6, 6.07) is 16.1. The van der Waals surface area contributed by atoms with Crippen molar-refractivity contribution in [1.82, 2.24) is 4.98 Å². The molecule has 1 fully saturated rings. The van der Waals surface area contributed by atoms with Crippen LogP contribution in [0, 0.1) is 0 Å². The molecule has 0 bridgehead atoms. The average molecular weight is 477 g/mol. The van der Waals surface area contributed by atoms with Crippen LogP contribution in [0.25, 0.3) is 11.1 Å². The second kappa shape index (κ2) is 10.0. The molecule has 4 nitrogen and oxygen atoms in total. The van der Waals surface area contributed by atoms with Crippen LogP contribution < -0.4 is 9.64 Å². The number of aromatic nitrogens is 1. The normalized spacial score (nSPS) is 16.3. The number of aliphatic hydroxyl groups excluding tert-OH is 1. The summed E-state index contributed by atoms with van der Waals surface area (Å²) >= 11 is 6.38. The Morgan fingerprint density at radius 3 is 2.64 bits per heavy atom. The van der Waals surface area contributed by atoms with E-state index in [1.54, 1.807) is 0 Å². The number of hydrogen-bond donors (Lipinski definition) is 1. The molecule has 2 heterocycles. The van der Waals surface area contributed by atoms with Crippen molar-refractivity contribution in [1.29, 1.82) is 0 Å². The highest BCUT2D eigenvalue weighted by Gasteiger charge is 2.31. The van der Waals surface area contributed by atoms with Crippen molar-refractivity contribution in [3.63, 3.8) is 0 Å². The molecule has 174 valence electrons. The van der Waals surface area contributed by atoms with Gasteiger partial charge in [-0.3, -0.25) is 0 Å². The Morgan fingerprint density at radius 2 is 1.94 bits per heavy atom. The summed E-state index contributed by atoms with van der Waals surface area (Å²) in [4.78, 5) is 6.02. The number of halogens is 4. The smallest absolute Gasteiger partial charge is 0.417 e. The molecule has 1 saturated heterocycles. The minimum atomic E-state index is -4.42. The largest absolute Gasteiger partial charge is 0.472 e. The molecule has 33 heavy (non-hydrogen) atoms. The summed E-state index contributed by atoms with van der Waals surface area (Å²) in [6.07, 6.45) is -1.72. The fourth-order valence-corrected chi connectivity index (χ4v) is 4.30. The van der Waals surface area contributed by atoms with E-state index in [0.717, 1.165) is 47.6 Å². The first kappa shape index (κ1) is 23.4. The van der Waals surface area contributed by atoms with E-state index in [0.29, 0.717) is 24.4 Å². The third-order valence-corrected chi connectivity index (χ3v) is 6.03. The summed E-state index contributed by atoms with van der Waals surface area (Å²) in [7, 11) is 0. The third kappa shape index (κ3) is 5.60. The van der Waals surface area contributed by atoms with Gasteiger partial charge in [-0.2, -0.15) is 13.2 Å². The Labute approximate surface area is 195 Å². The molecule has 1 atom stereocenters. The van der Waals surface area contributed by atoms with Gasteiger partial charge in [-0.25, -0.2) is 4.98 Å². The van der Waals surface area contributed by atoms with Crippen LogP contribution in [-0.4, -0.2) is 35.9 Å². The molecule has 1 aliphatic rings. The molecular formula is C25H24ClF3N2O2. The van der Waals surface area contributed by atoms with Gasteiger partial charge >= 0.3 is 6.18 Å². The predicted molar refractivity (Wildman–Crippen MR) is 123 cm³/mol. The van der Waals surface area contributed by atoms with Crippen molar-refractivity contribution >= 4 is 17.3 Å². The Kier molecular flexibility index (Phi) is 7.10. The molecule has 0 saturated carbocycles. The number of alkyl halides is 3. The van der Waals surface area contributed by atoms with Crippen LogP contribution >= 0.6 is 11.6 Å². The topological polar surface area (TPSA) is 45.6 Å². The molecule has 1 aliphatic heterocycles. The lowest BCUT2D eigenvalue weighted by molar-refractivity contribution is -0.137. The van der Waals surface area contributed by atoms with E-state index in [2.05, 4.69) is 22.0 Å². The molecular weight excluding hydrogens is 453 g/mol. The Bertz CT molecular complexity index is 1090. The molecule has 1 unspecified atom stereocenters. The molecule has 8 heteroatoms. The van der Waals surface area contributed by atoms with Crippen LogP contribution in [0.5, 0.6) is 5.88 Å². The number of aliphatic hydroxyl groups is 1. The highest BCUT2D eigenvalue weighted by Crippen LogP contribution is 2.34. The number of ether oxygens (including phenoxy) is 1. The average Bonchev–Trinajstić information content (AvgIpc) is 3.26. The standard InChI is InChI=1S/C25H24ClF3N2O2/c26-22-6-2-1-5-21(22)17-7-9-23(18(14-17)4-3-13-32)31-12-11-20(16-31)33-24-10-8-19(15-30-24)25(27,28)29/h1-2,5-10,14-15,20,32H,3-4,11-13,16H2. The molecule has 0 radical (unpaired) electrons. The summed E-state index contributed by atoms with van der Waals surface area (Å²) in [5, 5.41) is 10.0. The number of rotatable bonds is 7. The fraction of sp³-hybridized carbons (Fsp3) is 0.320. The minimum absolute atomic E-state index is 0.0983. The number of pyridine rings is 1. The zero-order chi connectivity index (χ0) is 23.4. The molecule has 0 amide bonds. The summed E-state index contributed by atoms with van der Waals surface area (Å²) < 4.78 is 44.1. The van der Waals surface area contributed by atoms with Crippen molar-refractivity contribution < 1.29 is 23.0 Å². The molecule has 3 aromatic rings. The van der Waals surface area contributed by atoms with E-state index in [1.807, 2.05) is 30.3 Å². The molecule has 1 aromatic heterocycles.